The molecule has 1 N–H and O–H groups in total. The lowest BCUT2D eigenvalue weighted by atomic mass is 10.1. The molecule has 0 radical (unpaired) electrons. The van der Waals surface area contributed by atoms with Gasteiger partial charge in [-0.25, -0.2) is 4.98 Å². The second-order valence-electron chi connectivity index (χ2n) is 3.90. The minimum atomic E-state index is 0.652. The third-order valence-corrected chi connectivity index (χ3v) is 2.75. The van der Waals surface area contributed by atoms with Gasteiger partial charge in [0.15, 0.2) is 0 Å². The van der Waals surface area contributed by atoms with Crippen molar-refractivity contribution in [1.29, 1.82) is 5.41 Å². The molecule has 1 saturated heterocycles. The SMILES string of the molecule is CCc1cnc(CN2CCCCC2=N)o1. The number of oxazole rings is 1. The second kappa shape index (κ2) is 4.47. The van der Waals surface area contributed by atoms with Gasteiger partial charge in [-0.15, -0.1) is 0 Å². The van der Waals surface area contributed by atoms with E-state index in [4.69, 9.17) is 9.83 Å². The van der Waals surface area contributed by atoms with Crippen LogP contribution in [0, 0.1) is 5.41 Å². The zero-order valence-electron chi connectivity index (χ0n) is 9.12. The highest BCUT2D eigenvalue weighted by Crippen LogP contribution is 2.14. The van der Waals surface area contributed by atoms with Gasteiger partial charge in [-0.05, 0) is 12.8 Å². The fraction of sp³-hybridized carbons (Fsp3) is 0.636. The van der Waals surface area contributed by atoms with Crippen molar-refractivity contribution in [3.63, 3.8) is 0 Å². The highest BCUT2D eigenvalue weighted by atomic mass is 16.4. The molecule has 0 aliphatic carbocycles. The molecule has 0 saturated carbocycles. The third-order valence-electron chi connectivity index (χ3n) is 2.75. The van der Waals surface area contributed by atoms with E-state index in [-0.39, 0.29) is 0 Å². The summed E-state index contributed by atoms with van der Waals surface area (Å²) >= 11 is 0. The van der Waals surface area contributed by atoms with E-state index >= 15 is 0 Å². The van der Waals surface area contributed by atoms with Crippen LogP contribution in [-0.2, 0) is 13.0 Å². The number of aromatic nitrogens is 1. The smallest absolute Gasteiger partial charge is 0.213 e. The molecule has 1 aromatic heterocycles. The second-order valence-corrected chi connectivity index (χ2v) is 3.90. The Morgan fingerprint density at radius 3 is 3.07 bits per heavy atom. The largest absolute Gasteiger partial charge is 0.444 e. The van der Waals surface area contributed by atoms with Gasteiger partial charge in [-0.2, -0.15) is 0 Å². The Morgan fingerprint density at radius 1 is 1.53 bits per heavy atom. The zero-order chi connectivity index (χ0) is 10.7. The van der Waals surface area contributed by atoms with Gasteiger partial charge in [0.1, 0.15) is 5.76 Å². The first-order chi connectivity index (χ1) is 7.29. The average molecular weight is 207 g/mol. The summed E-state index contributed by atoms with van der Waals surface area (Å²) in [6.07, 6.45) is 5.86. The van der Waals surface area contributed by atoms with Crippen LogP contribution < -0.4 is 0 Å². The van der Waals surface area contributed by atoms with Crippen LogP contribution in [0.2, 0.25) is 0 Å². The number of hydrogen-bond donors (Lipinski definition) is 1. The normalized spacial score (nSPS) is 17.1. The fourth-order valence-corrected chi connectivity index (χ4v) is 1.81. The van der Waals surface area contributed by atoms with Crippen LogP contribution in [0.3, 0.4) is 0 Å². The molecule has 1 aromatic rings. The lowest BCUT2D eigenvalue weighted by Crippen LogP contribution is -2.34. The van der Waals surface area contributed by atoms with Crippen molar-refractivity contribution in [2.45, 2.75) is 39.2 Å². The van der Waals surface area contributed by atoms with E-state index < -0.39 is 0 Å². The molecule has 1 aliphatic rings. The first-order valence-corrected chi connectivity index (χ1v) is 5.55. The van der Waals surface area contributed by atoms with Gasteiger partial charge in [-0.1, -0.05) is 6.92 Å². The Morgan fingerprint density at radius 2 is 2.40 bits per heavy atom. The predicted molar refractivity (Wildman–Crippen MR) is 57.9 cm³/mol. The molecule has 82 valence electrons. The van der Waals surface area contributed by atoms with Crippen molar-refractivity contribution in [1.82, 2.24) is 9.88 Å². The molecule has 0 spiro atoms. The molecule has 2 heterocycles. The molecule has 2 rings (SSSR count). The minimum Gasteiger partial charge on any atom is -0.444 e. The molecule has 0 bridgehead atoms. The van der Waals surface area contributed by atoms with Crippen molar-refractivity contribution < 1.29 is 4.42 Å². The predicted octanol–water partition coefficient (Wildman–Crippen LogP) is 2.20. The first kappa shape index (κ1) is 10.2. The number of nitrogens with zero attached hydrogens (tertiary/aromatic N) is 2. The van der Waals surface area contributed by atoms with Crippen LogP contribution >= 0.6 is 0 Å². The van der Waals surface area contributed by atoms with Crippen LogP contribution in [-0.4, -0.2) is 22.3 Å². The van der Waals surface area contributed by atoms with Crippen LogP contribution in [0.25, 0.3) is 0 Å². The monoisotopic (exact) mass is 207 g/mol. The Balaban J connectivity index is 1.98. The number of piperidine rings is 1. The average Bonchev–Trinajstić information content (AvgIpc) is 2.69. The van der Waals surface area contributed by atoms with E-state index in [0.717, 1.165) is 43.3 Å². The molecule has 1 fully saturated rings. The summed E-state index contributed by atoms with van der Waals surface area (Å²) in [5.74, 6) is 2.38. The first-order valence-electron chi connectivity index (χ1n) is 5.55. The standard InChI is InChI=1S/C11H17N3O/c1-2-9-7-13-11(15-9)8-14-6-4-3-5-10(14)12/h7,12H,2-6,8H2,1H3. The minimum absolute atomic E-state index is 0.652. The molecule has 0 unspecified atom stereocenters. The fourth-order valence-electron chi connectivity index (χ4n) is 1.81. The quantitative estimate of drug-likeness (QED) is 0.826. The van der Waals surface area contributed by atoms with E-state index in [9.17, 15) is 0 Å². The summed E-state index contributed by atoms with van der Waals surface area (Å²) < 4.78 is 5.53. The lowest BCUT2D eigenvalue weighted by molar-refractivity contribution is 0.314. The molecular weight excluding hydrogens is 190 g/mol. The molecule has 1 aliphatic heterocycles. The van der Waals surface area contributed by atoms with Crippen LogP contribution in [0.15, 0.2) is 10.6 Å². The summed E-state index contributed by atoms with van der Waals surface area (Å²) in [6.45, 7) is 3.66. The maximum Gasteiger partial charge on any atom is 0.213 e. The number of amidine groups is 1. The highest BCUT2D eigenvalue weighted by molar-refractivity contribution is 5.79. The third kappa shape index (κ3) is 2.37. The van der Waals surface area contributed by atoms with Crippen molar-refractivity contribution in [3.8, 4) is 0 Å². The van der Waals surface area contributed by atoms with E-state index in [2.05, 4.69) is 9.88 Å². The molecule has 0 amide bonds. The van der Waals surface area contributed by atoms with Gasteiger partial charge in [0.25, 0.3) is 0 Å². The van der Waals surface area contributed by atoms with Crippen molar-refractivity contribution >= 4 is 5.84 Å². The number of hydrogen-bond acceptors (Lipinski definition) is 3. The summed E-state index contributed by atoms with van der Waals surface area (Å²) in [5, 5.41) is 7.80. The number of rotatable bonds is 3. The maximum atomic E-state index is 7.80. The highest BCUT2D eigenvalue weighted by Gasteiger charge is 2.16. The Bertz CT molecular complexity index is 345. The number of nitrogens with one attached hydrogen (secondary N) is 1. The van der Waals surface area contributed by atoms with E-state index in [0.29, 0.717) is 6.54 Å². The number of likely N-dealkylation sites (tertiary alicyclic amines) is 1. The number of aryl methyl sites for hydroxylation is 1. The van der Waals surface area contributed by atoms with Gasteiger partial charge in [0, 0.05) is 19.4 Å². The van der Waals surface area contributed by atoms with Gasteiger partial charge >= 0.3 is 0 Å². The lowest BCUT2D eigenvalue weighted by Gasteiger charge is -2.27. The molecule has 15 heavy (non-hydrogen) atoms. The molecule has 0 aromatic carbocycles. The van der Waals surface area contributed by atoms with Crippen LogP contribution in [0.1, 0.15) is 37.8 Å². The zero-order valence-corrected chi connectivity index (χ0v) is 9.12. The molecular formula is C11H17N3O. The van der Waals surface area contributed by atoms with Gasteiger partial charge in [0.2, 0.25) is 5.89 Å². The van der Waals surface area contributed by atoms with Crippen molar-refractivity contribution in [2.75, 3.05) is 6.54 Å². The van der Waals surface area contributed by atoms with Gasteiger partial charge in [0.05, 0.1) is 18.6 Å². The van der Waals surface area contributed by atoms with Crippen molar-refractivity contribution in [2.24, 2.45) is 0 Å². The summed E-state index contributed by atoms with van der Waals surface area (Å²) in [7, 11) is 0. The van der Waals surface area contributed by atoms with Crippen LogP contribution in [0.5, 0.6) is 0 Å². The van der Waals surface area contributed by atoms with Crippen molar-refractivity contribution in [3.05, 3.63) is 17.8 Å². The summed E-state index contributed by atoms with van der Waals surface area (Å²) in [6, 6.07) is 0. The topological polar surface area (TPSA) is 53.1 Å². The summed E-state index contributed by atoms with van der Waals surface area (Å²) in [5.41, 5.74) is 0. The Kier molecular flexibility index (Phi) is 3.04. The summed E-state index contributed by atoms with van der Waals surface area (Å²) in [4.78, 5) is 6.26. The maximum absolute atomic E-state index is 7.80. The Hall–Kier alpha value is -1.32. The Labute approximate surface area is 89.8 Å². The molecule has 4 nitrogen and oxygen atoms in total. The molecule has 4 heteroatoms. The van der Waals surface area contributed by atoms with E-state index in [1.807, 2.05) is 6.92 Å². The molecule has 0 atom stereocenters. The van der Waals surface area contributed by atoms with E-state index in [1.54, 1.807) is 6.20 Å². The van der Waals surface area contributed by atoms with Gasteiger partial charge < -0.3 is 9.32 Å². The van der Waals surface area contributed by atoms with E-state index in [1.165, 1.54) is 6.42 Å². The van der Waals surface area contributed by atoms with Crippen LogP contribution in [0.4, 0.5) is 0 Å². The van der Waals surface area contributed by atoms with Gasteiger partial charge in [-0.3, -0.25) is 5.41 Å².